The van der Waals surface area contributed by atoms with Gasteiger partial charge < -0.3 is 15.2 Å². The van der Waals surface area contributed by atoms with Crippen LogP contribution in [0.3, 0.4) is 0 Å². The van der Waals surface area contributed by atoms with Crippen LogP contribution in [0.4, 0.5) is 0 Å². The van der Waals surface area contributed by atoms with Gasteiger partial charge in [0.1, 0.15) is 0 Å². The zero-order chi connectivity index (χ0) is 13.2. The summed E-state index contributed by atoms with van der Waals surface area (Å²) in [6.45, 7) is 1.37. The van der Waals surface area contributed by atoms with Gasteiger partial charge in [0.25, 0.3) is 0 Å². The fourth-order valence-corrected chi connectivity index (χ4v) is 3.12. The molecule has 0 radical (unpaired) electrons. The van der Waals surface area contributed by atoms with Crippen molar-refractivity contribution in [3.63, 3.8) is 0 Å². The molecule has 1 aromatic carbocycles. The summed E-state index contributed by atoms with van der Waals surface area (Å²) < 4.78 is 12.0. The molecule has 0 fully saturated rings. The largest absolute Gasteiger partial charge is 0.490 e. The number of fused-ring (bicyclic) bond motifs is 1. The molecule has 0 saturated carbocycles. The molecule has 0 spiro atoms. The molecule has 5 heteroatoms. The number of ether oxygens (including phenoxy) is 2. The molecule has 3 nitrogen and oxygen atoms in total. The van der Waals surface area contributed by atoms with Crippen LogP contribution >= 0.6 is 22.9 Å². The molecule has 0 amide bonds. The van der Waals surface area contributed by atoms with E-state index in [1.54, 1.807) is 0 Å². The summed E-state index contributed by atoms with van der Waals surface area (Å²) in [4.78, 5) is 1.04. The Morgan fingerprint density at radius 3 is 2.63 bits per heavy atom. The lowest BCUT2D eigenvalue weighted by molar-refractivity contribution is 0.297. The highest BCUT2D eigenvalue weighted by atomic mass is 35.5. The Hall–Kier alpha value is -1.23. The van der Waals surface area contributed by atoms with Crippen molar-refractivity contribution in [3.8, 4) is 11.5 Å². The summed E-state index contributed by atoms with van der Waals surface area (Å²) >= 11 is 7.45. The third-order valence-electron chi connectivity index (χ3n) is 3.03. The second kappa shape index (κ2) is 5.41. The lowest BCUT2D eigenvalue weighted by atomic mass is 10.1. The molecule has 2 N–H and O–H groups in total. The van der Waals surface area contributed by atoms with Crippen LogP contribution in [0.2, 0.25) is 4.34 Å². The Labute approximate surface area is 120 Å². The van der Waals surface area contributed by atoms with E-state index in [-0.39, 0.29) is 6.04 Å². The van der Waals surface area contributed by atoms with E-state index in [1.807, 2.05) is 30.3 Å². The van der Waals surface area contributed by atoms with Crippen molar-refractivity contribution >= 4 is 22.9 Å². The topological polar surface area (TPSA) is 44.5 Å². The Bertz CT molecular complexity index is 585. The van der Waals surface area contributed by atoms with Gasteiger partial charge in [-0.05, 0) is 29.8 Å². The first-order chi connectivity index (χ1) is 9.24. The van der Waals surface area contributed by atoms with Crippen LogP contribution in [0.25, 0.3) is 0 Å². The molecule has 1 aliphatic heterocycles. The molecule has 0 bridgehead atoms. The first-order valence-corrected chi connectivity index (χ1v) is 7.34. The quantitative estimate of drug-likeness (QED) is 0.920. The smallest absolute Gasteiger partial charge is 0.161 e. The number of nitrogens with two attached hydrogens (primary N) is 1. The van der Waals surface area contributed by atoms with E-state index in [0.717, 1.165) is 32.7 Å². The number of benzene rings is 1. The van der Waals surface area contributed by atoms with Gasteiger partial charge in [-0.25, -0.2) is 0 Å². The summed E-state index contributed by atoms with van der Waals surface area (Å²) in [5.41, 5.74) is 7.26. The maximum atomic E-state index is 6.26. The molecule has 0 aliphatic carbocycles. The Kier molecular flexibility index (Phi) is 3.64. The van der Waals surface area contributed by atoms with Gasteiger partial charge in [0.2, 0.25) is 0 Å². The fourth-order valence-electron chi connectivity index (χ4n) is 2.03. The third kappa shape index (κ3) is 2.71. The van der Waals surface area contributed by atoms with Crippen molar-refractivity contribution in [1.82, 2.24) is 0 Å². The van der Waals surface area contributed by atoms with Crippen LogP contribution in [0.1, 0.15) is 22.9 Å². The fraction of sp³-hybridized carbons (Fsp3) is 0.286. The van der Waals surface area contributed by atoms with E-state index in [9.17, 15) is 0 Å². The van der Waals surface area contributed by atoms with Crippen LogP contribution < -0.4 is 15.2 Å². The SMILES string of the molecule is NC(c1ccc2c(c1)OCCCO2)c1ccc(Cl)s1. The normalized spacial score (nSPS) is 15.9. The third-order valence-corrected chi connectivity index (χ3v) is 4.35. The van der Waals surface area contributed by atoms with Gasteiger partial charge in [0.05, 0.1) is 23.6 Å². The van der Waals surface area contributed by atoms with Crippen LogP contribution in [-0.4, -0.2) is 13.2 Å². The van der Waals surface area contributed by atoms with Crippen molar-refractivity contribution < 1.29 is 9.47 Å². The van der Waals surface area contributed by atoms with Gasteiger partial charge in [-0.15, -0.1) is 11.3 Å². The maximum absolute atomic E-state index is 6.26. The molecule has 1 aromatic heterocycles. The number of hydrogen-bond donors (Lipinski definition) is 1. The average molecular weight is 296 g/mol. The van der Waals surface area contributed by atoms with Gasteiger partial charge >= 0.3 is 0 Å². The highest BCUT2D eigenvalue weighted by Gasteiger charge is 2.16. The van der Waals surface area contributed by atoms with Crippen molar-refractivity contribution in [2.45, 2.75) is 12.5 Å². The molecule has 0 saturated heterocycles. The van der Waals surface area contributed by atoms with Crippen molar-refractivity contribution in [2.24, 2.45) is 5.73 Å². The molecule has 1 unspecified atom stereocenters. The Morgan fingerprint density at radius 2 is 1.89 bits per heavy atom. The minimum Gasteiger partial charge on any atom is -0.490 e. The molecule has 1 atom stereocenters. The maximum Gasteiger partial charge on any atom is 0.161 e. The van der Waals surface area contributed by atoms with E-state index < -0.39 is 0 Å². The summed E-state index contributed by atoms with van der Waals surface area (Å²) in [5, 5.41) is 0. The van der Waals surface area contributed by atoms with Crippen LogP contribution in [0, 0.1) is 0 Å². The number of rotatable bonds is 2. The van der Waals surface area contributed by atoms with Crippen LogP contribution in [0.5, 0.6) is 11.5 Å². The molecule has 19 heavy (non-hydrogen) atoms. The minimum atomic E-state index is -0.186. The monoisotopic (exact) mass is 295 g/mol. The van der Waals surface area contributed by atoms with Crippen molar-refractivity contribution in [1.29, 1.82) is 0 Å². The predicted octanol–water partition coefficient (Wildman–Crippen LogP) is 3.61. The minimum absolute atomic E-state index is 0.186. The number of halogens is 1. The molecule has 2 aromatic rings. The summed E-state index contributed by atoms with van der Waals surface area (Å²) in [6.07, 6.45) is 0.899. The first kappa shape index (κ1) is 12.8. The highest BCUT2D eigenvalue weighted by molar-refractivity contribution is 7.16. The Balaban J connectivity index is 1.91. The lowest BCUT2D eigenvalue weighted by Gasteiger charge is -2.13. The molecule has 1 aliphatic rings. The van der Waals surface area contributed by atoms with E-state index >= 15 is 0 Å². The molecule has 3 rings (SSSR count). The lowest BCUT2D eigenvalue weighted by Crippen LogP contribution is -2.10. The van der Waals surface area contributed by atoms with Crippen LogP contribution in [0.15, 0.2) is 30.3 Å². The zero-order valence-corrected chi connectivity index (χ0v) is 11.8. The first-order valence-electron chi connectivity index (χ1n) is 6.14. The van der Waals surface area contributed by atoms with Crippen LogP contribution in [-0.2, 0) is 0 Å². The second-order valence-corrected chi connectivity index (χ2v) is 6.12. The van der Waals surface area contributed by atoms with Crippen molar-refractivity contribution in [3.05, 3.63) is 45.1 Å². The summed E-state index contributed by atoms with van der Waals surface area (Å²) in [6, 6.07) is 9.50. The number of hydrogen-bond acceptors (Lipinski definition) is 4. The molecule has 2 heterocycles. The van der Waals surface area contributed by atoms with E-state index in [1.165, 1.54) is 11.3 Å². The van der Waals surface area contributed by atoms with Crippen molar-refractivity contribution in [2.75, 3.05) is 13.2 Å². The molecular formula is C14H14ClNO2S. The second-order valence-electron chi connectivity index (χ2n) is 4.38. The van der Waals surface area contributed by atoms with E-state index in [2.05, 4.69) is 0 Å². The zero-order valence-electron chi connectivity index (χ0n) is 10.3. The Morgan fingerprint density at radius 1 is 1.11 bits per heavy atom. The molecular weight excluding hydrogens is 282 g/mol. The summed E-state index contributed by atoms with van der Waals surface area (Å²) in [7, 11) is 0. The predicted molar refractivity (Wildman–Crippen MR) is 77.4 cm³/mol. The summed E-state index contributed by atoms with van der Waals surface area (Å²) in [5.74, 6) is 1.56. The van der Waals surface area contributed by atoms with Gasteiger partial charge in [0, 0.05) is 11.3 Å². The number of thiophene rings is 1. The van der Waals surface area contributed by atoms with Gasteiger partial charge in [-0.2, -0.15) is 0 Å². The highest BCUT2D eigenvalue weighted by Crippen LogP contribution is 2.35. The van der Waals surface area contributed by atoms with E-state index in [0.29, 0.717) is 13.2 Å². The van der Waals surface area contributed by atoms with Gasteiger partial charge in [-0.1, -0.05) is 17.7 Å². The van der Waals surface area contributed by atoms with Gasteiger partial charge in [0.15, 0.2) is 11.5 Å². The van der Waals surface area contributed by atoms with Gasteiger partial charge in [-0.3, -0.25) is 0 Å². The standard InChI is InChI=1S/C14H14ClNO2S/c15-13-5-4-12(19-13)14(16)9-2-3-10-11(8-9)18-7-1-6-17-10/h2-5,8,14H,1,6-7,16H2. The molecule has 100 valence electrons. The van der Waals surface area contributed by atoms with E-state index in [4.69, 9.17) is 26.8 Å². The average Bonchev–Trinajstić information content (AvgIpc) is 2.72.